The molecule has 0 bridgehead atoms. The largest absolute Gasteiger partial charge is 0.350 e. The van der Waals surface area contributed by atoms with Crippen LogP contribution in [0.1, 0.15) is 41.7 Å². The highest BCUT2D eigenvalue weighted by atomic mass is 35.5. The summed E-state index contributed by atoms with van der Waals surface area (Å²) in [6, 6.07) is 0. The molecule has 0 radical (unpaired) electrons. The number of thiazole rings is 1. The molecule has 1 amide bonds. The van der Waals surface area contributed by atoms with Crippen molar-refractivity contribution in [2.75, 3.05) is 26.2 Å². The highest BCUT2D eigenvalue weighted by molar-refractivity contribution is 7.09. The zero-order valence-electron chi connectivity index (χ0n) is 12.9. The van der Waals surface area contributed by atoms with Gasteiger partial charge < -0.3 is 16.0 Å². The Bertz CT molecular complexity index is 438. The summed E-state index contributed by atoms with van der Waals surface area (Å²) in [5.41, 5.74) is 5.99. The van der Waals surface area contributed by atoms with Gasteiger partial charge in [0.25, 0.3) is 5.91 Å². The first-order valence-electron chi connectivity index (χ1n) is 7.34. The molecule has 3 N–H and O–H groups in total. The Hall–Kier alpha value is -0.400. The van der Waals surface area contributed by atoms with E-state index in [1.165, 1.54) is 43.7 Å². The molecule has 1 aromatic heterocycles. The fourth-order valence-electron chi connectivity index (χ4n) is 2.51. The molecule has 128 valence electrons. The summed E-state index contributed by atoms with van der Waals surface area (Å²) in [4.78, 5) is 18.6. The molecule has 1 atom stereocenters. The fraction of sp³-hybridized carbons (Fsp3) is 0.714. The smallest absolute Gasteiger partial charge is 0.270 e. The molecule has 1 unspecified atom stereocenters. The molecule has 0 aliphatic carbocycles. The molecule has 2 rings (SSSR count). The van der Waals surface area contributed by atoms with Crippen molar-refractivity contribution in [2.45, 2.75) is 32.7 Å². The van der Waals surface area contributed by atoms with Gasteiger partial charge in [-0.2, -0.15) is 0 Å². The van der Waals surface area contributed by atoms with Crippen molar-refractivity contribution in [3.63, 3.8) is 0 Å². The Morgan fingerprint density at radius 1 is 1.41 bits per heavy atom. The maximum atomic E-state index is 11.9. The number of rotatable bonds is 6. The van der Waals surface area contributed by atoms with Gasteiger partial charge in [-0.05, 0) is 31.8 Å². The van der Waals surface area contributed by atoms with Gasteiger partial charge in [0.1, 0.15) is 10.7 Å². The summed E-state index contributed by atoms with van der Waals surface area (Å²) in [7, 11) is 0. The number of carbonyl (C=O) groups is 1. The molecule has 0 spiro atoms. The summed E-state index contributed by atoms with van der Waals surface area (Å²) < 4.78 is 0. The van der Waals surface area contributed by atoms with Crippen LogP contribution in [0.25, 0.3) is 0 Å². The van der Waals surface area contributed by atoms with E-state index in [0.717, 1.165) is 11.6 Å². The van der Waals surface area contributed by atoms with E-state index in [-0.39, 0.29) is 30.7 Å². The number of likely N-dealkylation sites (tertiary alicyclic amines) is 1. The highest BCUT2D eigenvalue weighted by Gasteiger charge is 2.15. The van der Waals surface area contributed by atoms with E-state index in [4.69, 9.17) is 5.73 Å². The summed E-state index contributed by atoms with van der Waals surface area (Å²) in [5, 5.41) is 5.54. The molecular weight excluding hydrogens is 343 g/mol. The van der Waals surface area contributed by atoms with Gasteiger partial charge in [0.2, 0.25) is 0 Å². The zero-order valence-corrected chi connectivity index (χ0v) is 15.4. The second-order valence-corrected chi connectivity index (χ2v) is 6.45. The molecule has 0 aromatic carbocycles. The van der Waals surface area contributed by atoms with Crippen molar-refractivity contribution in [3.05, 3.63) is 16.1 Å². The Kier molecular flexibility index (Phi) is 11.0. The van der Waals surface area contributed by atoms with Crippen LogP contribution in [0.3, 0.4) is 0 Å². The molecule has 0 saturated carbocycles. The van der Waals surface area contributed by atoms with Crippen LogP contribution in [0.15, 0.2) is 5.38 Å². The molecule has 2 heterocycles. The summed E-state index contributed by atoms with van der Waals surface area (Å²) >= 11 is 1.44. The normalized spacial score (nSPS) is 16.3. The first kappa shape index (κ1) is 21.6. The van der Waals surface area contributed by atoms with Crippen LogP contribution in [0.5, 0.6) is 0 Å². The van der Waals surface area contributed by atoms with E-state index in [2.05, 4.69) is 22.1 Å². The van der Waals surface area contributed by atoms with Crippen molar-refractivity contribution >= 4 is 42.1 Å². The van der Waals surface area contributed by atoms with E-state index in [1.54, 1.807) is 5.38 Å². The lowest BCUT2D eigenvalue weighted by Gasteiger charge is -2.29. The summed E-state index contributed by atoms with van der Waals surface area (Å²) in [5.74, 6) is 0.371. The molecular formula is C14H26Cl2N4OS. The quantitative estimate of drug-likeness (QED) is 0.807. The monoisotopic (exact) mass is 368 g/mol. The van der Waals surface area contributed by atoms with Crippen molar-refractivity contribution < 1.29 is 4.79 Å². The van der Waals surface area contributed by atoms with Gasteiger partial charge in [-0.25, -0.2) is 4.98 Å². The average Bonchev–Trinajstić information content (AvgIpc) is 2.95. The maximum Gasteiger partial charge on any atom is 0.270 e. The average molecular weight is 369 g/mol. The van der Waals surface area contributed by atoms with Crippen molar-refractivity contribution in [3.8, 4) is 0 Å². The third-order valence-corrected chi connectivity index (χ3v) is 4.46. The van der Waals surface area contributed by atoms with Gasteiger partial charge in [0.15, 0.2) is 0 Å². The molecule has 5 nitrogen and oxygen atoms in total. The maximum absolute atomic E-state index is 11.9. The number of carbonyl (C=O) groups excluding carboxylic acids is 1. The van der Waals surface area contributed by atoms with E-state index in [1.807, 2.05) is 0 Å². The number of aromatic nitrogens is 1. The minimum atomic E-state index is -0.0913. The minimum absolute atomic E-state index is 0. The predicted octanol–water partition coefficient (Wildman–Crippen LogP) is 2.30. The van der Waals surface area contributed by atoms with Crippen LogP contribution in [-0.4, -0.2) is 42.0 Å². The lowest BCUT2D eigenvalue weighted by Crippen LogP contribution is -2.38. The van der Waals surface area contributed by atoms with Gasteiger partial charge in [0, 0.05) is 25.0 Å². The van der Waals surface area contributed by atoms with E-state index < -0.39 is 0 Å². The molecule has 1 fully saturated rings. The third-order valence-electron chi connectivity index (χ3n) is 3.59. The Morgan fingerprint density at radius 3 is 2.68 bits per heavy atom. The zero-order chi connectivity index (χ0) is 14.4. The van der Waals surface area contributed by atoms with Gasteiger partial charge >= 0.3 is 0 Å². The number of halogens is 2. The molecule has 1 aromatic rings. The Balaban J connectivity index is 0.00000220. The van der Waals surface area contributed by atoms with Gasteiger partial charge in [-0.1, -0.05) is 13.3 Å². The van der Waals surface area contributed by atoms with Crippen molar-refractivity contribution in [1.29, 1.82) is 0 Å². The van der Waals surface area contributed by atoms with Crippen LogP contribution in [0.4, 0.5) is 0 Å². The summed E-state index contributed by atoms with van der Waals surface area (Å²) in [6.07, 6.45) is 3.97. The van der Waals surface area contributed by atoms with Crippen LogP contribution in [0, 0.1) is 5.92 Å². The molecule has 1 saturated heterocycles. The first-order valence-corrected chi connectivity index (χ1v) is 8.22. The van der Waals surface area contributed by atoms with E-state index in [9.17, 15) is 4.79 Å². The Morgan fingerprint density at radius 2 is 2.09 bits per heavy atom. The second kappa shape index (κ2) is 11.2. The number of nitrogens with one attached hydrogen (secondary N) is 1. The number of amides is 1. The van der Waals surface area contributed by atoms with E-state index >= 15 is 0 Å². The van der Waals surface area contributed by atoms with Gasteiger partial charge in [-0.15, -0.1) is 36.2 Å². The number of hydrogen-bond acceptors (Lipinski definition) is 5. The van der Waals surface area contributed by atoms with Gasteiger partial charge in [-0.3, -0.25) is 4.79 Å². The molecule has 22 heavy (non-hydrogen) atoms. The van der Waals surface area contributed by atoms with Crippen LogP contribution >= 0.6 is 36.2 Å². The van der Waals surface area contributed by atoms with E-state index in [0.29, 0.717) is 24.7 Å². The summed E-state index contributed by atoms with van der Waals surface area (Å²) in [6.45, 7) is 6.73. The standard InChI is InChI=1S/C14H24N4OS.2ClH/c1-11(9-18-5-3-2-4-6-18)8-16-14(19)12-10-20-13(7-15)17-12;;/h10-11H,2-9,15H2,1H3,(H,16,19);2*1H. The fourth-order valence-corrected chi connectivity index (χ4v) is 3.17. The number of nitrogens with zero attached hydrogens (tertiary/aromatic N) is 2. The number of nitrogens with two attached hydrogens (primary N) is 1. The third kappa shape index (κ3) is 6.79. The lowest BCUT2D eigenvalue weighted by atomic mass is 10.1. The molecule has 8 heteroatoms. The van der Waals surface area contributed by atoms with Crippen LogP contribution < -0.4 is 11.1 Å². The van der Waals surface area contributed by atoms with Crippen LogP contribution in [-0.2, 0) is 6.54 Å². The number of piperidine rings is 1. The number of hydrogen-bond donors (Lipinski definition) is 2. The predicted molar refractivity (Wildman–Crippen MR) is 96.3 cm³/mol. The van der Waals surface area contributed by atoms with Crippen LogP contribution in [0.2, 0.25) is 0 Å². The first-order chi connectivity index (χ1) is 9.69. The highest BCUT2D eigenvalue weighted by Crippen LogP contribution is 2.11. The minimum Gasteiger partial charge on any atom is -0.350 e. The second-order valence-electron chi connectivity index (χ2n) is 5.51. The van der Waals surface area contributed by atoms with Crippen molar-refractivity contribution in [1.82, 2.24) is 15.2 Å². The topological polar surface area (TPSA) is 71.2 Å². The SMILES string of the molecule is CC(CNC(=O)c1csc(CN)n1)CN1CCCCC1.Cl.Cl. The molecule has 1 aliphatic heterocycles. The lowest BCUT2D eigenvalue weighted by molar-refractivity contribution is 0.0938. The van der Waals surface area contributed by atoms with Crippen molar-refractivity contribution in [2.24, 2.45) is 11.7 Å². The Labute approximate surface area is 148 Å². The van der Waals surface area contributed by atoms with Gasteiger partial charge in [0.05, 0.1) is 0 Å². The molecule has 1 aliphatic rings.